The predicted molar refractivity (Wildman–Crippen MR) is 131 cm³/mol. The van der Waals surface area contributed by atoms with Gasteiger partial charge >= 0.3 is 23.9 Å². The maximum atomic E-state index is 12.0. The van der Waals surface area contributed by atoms with Gasteiger partial charge in [0, 0.05) is 58.5 Å². The van der Waals surface area contributed by atoms with Gasteiger partial charge in [-0.15, -0.1) is 0 Å². The SMILES string of the molecule is COCCCNC(=O)CN1CCN(Cc2cc(OC)ccc2OC)CC1.O=C(O)C(=O)O.O=C(O)C(=O)O. The highest BCUT2D eigenvalue weighted by atomic mass is 16.5. The maximum absolute atomic E-state index is 12.0. The van der Waals surface area contributed by atoms with Crippen LogP contribution < -0.4 is 14.8 Å². The average molecular weight is 546 g/mol. The van der Waals surface area contributed by atoms with Gasteiger partial charge in [-0.3, -0.25) is 14.6 Å². The number of carboxylic acid groups (broad SMARTS) is 4. The van der Waals surface area contributed by atoms with Gasteiger partial charge in [-0.2, -0.15) is 0 Å². The van der Waals surface area contributed by atoms with Crippen LogP contribution in [-0.2, 0) is 35.3 Å². The van der Waals surface area contributed by atoms with Gasteiger partial charge in [0.15, 0.2) is 0 Å². The Kier molecular flexibility index (Phi) is 17.2. The zero-order valence-corrected chi connectivity index (χ0v) is 21.5. The highest BCUT2D eigenvalue weighted by molar-refractivity contribution is 6.27. The van der Waals surface area contributed by atoms with Crippen molar-refractivity contribution in [3.8, 4) is 11.5 Å². The Morgan fingerprint density at radius 3 is 1.79 bits per heavy atom. The number of hydrogen-bond donors (Lipinski definition) is 5. The van der Waals surface area contributed by atoms with Crippen molar-refractivity contribution in [2.75, 3.05) is 67.2 Å². The first-order valence-corrected chi connectivity index (χ1v) is 11.3. The number of carbonyl (C=O) groups is 5. The van der Waals surface area contributed by atoms with Crippen LogP contribution in [0.4, 0.5) is 0 Å². The third kappa shape index (κ3) is 15.2. The van der Waals surface area contributed by atoms with E-state index in [9.17, 15) is 4.79 Å². The molecular formula is C23H35N3O12. The van der Waals surface area contributed by atoms with E-state index in [4.69, 9.17) is 53.8 Å². The van der Waals surface area contributed by atoms with Crippen molar-refractivity contribution in [2.24, 2.45) is 0 Å². The molecule has 15 heteroatoms. The van der Waals surface area contributed by atoms with Gasteiger partial charge in [-0.25, -0.2) is 19.2 Å². The van der Waals surface area contributed by atoms with E-state index in [2.05, 4.69) is 15.1 Å². The van der Waals surface area contributed by atoms with E-state index in [-0.39, 0.29) is 5.91 Å². The molecule has 0 atom stereocenters. The summed E-state index contributed by atoms with van der Waals surface area (Å²) in [7, 11) is 5.03. The number of benzene rings is 1. The zero-order valence-electron chi connectivity index (χ0n) is 21.5. The van der Waals surface area contributed by atoms with Crippen LogP contribution in [0.2, 0.25) is 0 Å². The van der Waals surface area contributed by atoms with Gasteiger partial charge in [0.2, 0.25) is 5.91 Å². The maximum Gasteiger partial charge on any atom is 0.414 e. The lowest BCUT2D eigenvalue weighted by Crippen LogP contribution is -2.49. The molecule has 15 nitrogen and oxygen atoms in total. The van der Waals surface area contributed by atoms with Crippen LogP contribution in [0.3, 0.4) is 0 Å². The zero-order chi connectivity index (χ0) is 29.1. The van der Waals surface area contributed by atoms with Crippen molar-refractivity contribution < 1.29 is 58.6 Å². The monoisotopic (exact) mass is 545 g/mol. The first-order valence-electron chi connectivity index (χ1n) is 11.3. The first kappa shape index (κ1) is 34.0. The molecule has 0 aliphatic carbocycles. The molecule has 0 saturated carbocycles. The number of rotatable bonds is 10. The number of ether oxygens (including phenoxy) is 3. The molecule has 1 aliphatic heterocycles. The van der Waals surface area contributed by atoms with Crippen molar-refractivity contribution in [2.45, 2.75) is 13.0 Å². The highest BCUT2D eigenvalue weighted by Gasteiger charge is 2.20. The minimum absolute atomic E-state index is 0.0871. The van der Waals surface area contributed by atoms with Gasteiger partial charge in [0.25, 0.3) is 0 Å². The molecule has 1 aromatic rings. The molecular weight excluding hydrogens is 510 g/mol. The number of amides is 1. The molecule has 0 radical (unpaired) electrons. The molecule has 0 bridgehead atoms. The molecule has 214 valence electrons. The van der Waals surface area contributed by atoms with Crippen molar-refractivity contribution in [1.29, 1.82) is 0 Å². The van der Waals surface area contributed by atoms with Crippen molar-refractivity contribution in [1.82, 2.24) is 15.1 Å². The normalized spacial score (nSPS) is 13.0. The van der Waals surface area contributed by atoms with Crippen molar-refractivity contribution >= 4 is 29.8 Å². The summed E-state index contributed by atoms with van der Waals surface area (Å²) >= 11 is 0. The number of methoxy groups -OCH3 is 3. The number of aliphatic carboxylic acids is 4. The Morgan fingerprint density at radius 2 is 1.34 bits per heavy atom. The standard InChI is InChI=1S/C19H31N3O4.2C2H2O4/c1-24-12-4-7-20-19(23)15-22-10-8-21(9-11-22)14-16-13-17(25-2)5-6-18(16)26-3;2*3-1(4)2(5)6/h5-6,13H,4,7-12,14-15H2,1-3H3,(H,20,23);2*(H,3,4)(H,5,6). The Morgan fingerprint density at radius 1 is 0.816 bits per heavy atom. The summed E-state index contributed by atoms with van der Waals surface area (Å²) in [4.78, 5) is 52.9. The lowest BCUT2D eigenvalue weighted by molar-refractivity contribution is -0.159. The molecule has 5 N–H and O–H groups in total. The third-order valence-electron chi connectivity index (χ3n) is 4.93. The van der Waals surface area contributed by atoms with Crippen LogP contribution in [0.1, 0.15) is 12.0 Å². The number of carbonyl (C=O) groups excluding carboxylic acids is 1. The number of nitrogens with zero attached hydrogens (tertiary/aromatic N) is 2. The second-order valence-electron chi connectivity index (χ2n) is 7.65. The van der Waals surface area contributed by atoms with E-state index in [1.165, 1.54) is 0 Å². The lowest BCUT2D eigenvalue weighted by Gasteiger charge is -2.34. The van der Waals surface area contributed by atoms with Crippen LogP contribution in [-0.4, -0.2) is 127 Å². The van der Waals surface area contributed by atoms with E-state index in [0.717, 1.165) is 56.2 Å². The molecule has 2 rings (SSSR count). The summed E-state index contributed by atoms with van der Waals surface area (Å²) in [6.07, 6.45) is 0.846. The molecule has 0 aromatic heterocycles. The van der Waals surface area contributed by atoms with E-state index in [0.29, 0.717) is 19.7 Å². The quantitative estimate of drug-likeness (QED) is 0.181. The minimum Gasteiger partial charge on any atom is -0.497 e. The first-order chi connectivity index (χ1) is 17.9. The van der Waals surface area contributed by atoms with Crippen LogP contribution >= 0.6 is 0 Å². The van der Waals surface area contributed by atoms with Gasteiger partial charge in [0.05, 0.1) is 20.8 Å². The number of nitrogens with one attached hydrogen (secondary N) is 1. The van der Waals surface area contributed by atoms with E-state index >= 15 is 0 Å². The second kappa shape index (κ2) is 19.2. The topological polar surface area (TPSA) is 212 Å². The number of hydrogen-bond acceptors (Lipinski definition) is 10. The molecule has 0 unspecified atom stereocenters. The highest BCUT2D eigenvalue weighted by Crippen LogP contribution is 2.25. The van der Waals surface area contributed by atoms with Gasteiger partial charge in [0.1, 0.15) is 11.5 Å². The summed E-state index contributed by atoms with van der Waals surface area (Å²) in [5.74, 6) is -5.49. The molecule has 1 aliphatic rings. The van der Waals surface area contributed by atoms with Crippen LogP contribution in [0, 0.1) is 0 Å². The number of piperazine rings is 1. The molecule has 1 saturated heterocycles. The van der Waals surface area contributed by atoms with E-state index in [1.807, 2.05) is 18.2 Å². The average Bonchev–Trinajstić information content (AvgIpc) is 2.88. The fraction of sp³-hybridized carbons (Fsp3) is 0.522. The Balaban J connectivity index is 0.000000948. The van der Waals surface area contributed by atoms with Gasteiger partial charge in [-0.1, -0.05) is 0 Å². The summed E-state index contributed by atoms with van der Waals surface area (Å²) in [5, 5.41) is 32.5. The smallest absolute Gasteiger partial charge is 0.414 e. The molecule has 38 heavy (non-hydrogen) atoms. The van der Waals surface area contributed by atoms with Crippen molar-refractivity contribution in [3.05, 3.63) is 23.8 Å². The van der Waals surface area contributed by atoms with Crippen LogP contribution in [0.25, 0.3) is 0 Å². The third-order valence-corrected chi connectivity index (χ3v) is 4.93. The predicted octanol–water partition coefficient (Wildman–Crippen LogP) is -0.715. The Bertz CT molecular complexity index is 869. The second-order valence-corrected chi connectivity index (χ2v) is 7.65. The van der Waals surface area contributed by atoms with E-state index < -0.39 is 23.9 Å². The largest absolute Gasteiger partial charge is 0.497 e. The fourth-order valence-electron chi connectivity index (χ4n) is 3.06. The Hall–Kier alpha value is -3.95. The number of carboxylic acids is 4. The van der Waals surface area contributed by atoms with Crippen LogP contribution in [0.5, 0.6) is 11.5 Å². The van der Waals surface area contributed by atoms with Crippen LogP contribution in [0.15, 0.2) is 18.2 Å². The van der Waals surface area contributed by atoms with Crippen molar-refractivity contribution in [3.63, 3.8) is 0 Å². The summed E-state index contributed by atoms with van der Waals surface area (Å²) in [6.45, 7) is 6.25. The lowest BCUT2D eigenvalue weighted by atomic mass is 10.1. The fourth-order valence-corrected chi connectivity index (χ4v) is 3.06. The van der Waals surface area contributed by atoms with E-state index in [1.54, 1.807) is 21.3 Å². The summed E-state index contributed by atoms with van der Waals surface area (Å²) in [5.41, 5.74) is 1.12. The molecule has 0 spiro atoms. The molecule has 1 fully saturated rings. The molecule has 1 heterocycles. The summed E-state index contributed by atoms with van der Waals surface area (Å²) in [6, 6.07) is 5.88. The Labute approximate surface area is 219 Å². The molecule has 1 amide bonds. The van der Waals surface area contributed by atoms with Gasteiger partial charge < -0.3 is 40.0 Å². The summed E-state index contributed by atoms with van der Waals surface area (Å²) < 4.78 is 15.8. The molecule has 1 aromatic carbocycles. The van der Waals surface area contributed by atoms with Gasteiger partial charge in [-0.05, 0) is 24.6 Å². The minimum atomic E-state index is -1.82.